The maximum atomic E-state index is 13.9. The molecule has 126 valence electrons. The summed E-state index contributed by atoms with van der Waals surface area (Å²) in [5.41, 5.74) is 1.32. The fraction of sp³-hybridized carbons (Fsp3) is 0.111. The molecule has 0 radical (unpaired) electrons. The number of halogens is 1. The van der Waals surface area contributed by atoms with Crippen LogP contribution in [0.15, 0.2) is 53.5 Å². The summed E-state index contributed by atoms with van der Waals surface area (Å²) < 4.78 is 13.9. The normalized spacial score (nSPS) is 17.9. The molecule has 1 atom stereocenters. The molecule has 2 aromatic carbocycles. The first-order chi connectivity index (χ1) is 12.0. The van der Waals surface area contributed by atoms with E-state index in [-0.39, 0.29) is 5.69 Å². The number of aliphatic imine (C=N–C) groups is 1. The van der Waals surface area contributed by atoms with E-state index in [1.54, 1.807) is 18.2 Å². The third-order valence-electron chi connectivity index (χ3n) is 3.67. The quantitative estimate of drug-likeness (QED) is 0.690. The number of urea groups is 1. The molecule has 7 heteroatoms. The Labute approximate surface area is 143 Å². The first-order valence-electron chi connectivity index (χ1n) is 7.51. The summed E-state index contributed by atoms with van der Waals surface area (Å²) in [5.74, 6) is -3.71. The Morgan fingerprint density at radius 2 is 1.88 bits per heavy atom. The summed E-state index contributed by atoms with van der Waals surface area (Å²) in [6, 6.07) is 11.5. The van der Waals surface area contributed by atoms with Crippen LogP contribution in [0.3, 0.4) is 0 Å². The van der Waals surface area contributed by atoms with Crippen molar-refractivity contribution in [1.82, 2.24) is 5.32 Å². The molecule has 0 unspecified atom stereocenters. The number of carbonyl (C=O) groups excluding carboxylic acids is 3. The lowest BCUT2D eigenvalue weighted by atomic mass is 10.1. The van der Waals surface area contributed by atoms with Gasteiger partial charge in [0.2, 0.25) is 5.91 Å². The number of rotatable bonds is 3. The molecule has 25 heavy (non-hydrogen) atoms. The second kappa shape index (κ2) is 6.64. The molecular weight excluding hydrogens is 325 g/mol. The van der Waals surface area contributed by atoms with Crippen LogP contribution in [0.1, 0.15) is 5.56 Å². The van der Waals surface area contributed by atoms with Crippen molar-refractivity contribution in [2.45, 2.75) is 6.92 Å². The molecule has 3 rings (SSSR count). The molecule has 0 aromatic heterocycles. The first-order valence-corrected chi connectivity index (χ1v) is 7.51. The smallest absolute Gasteiger partial charge is 0.276 e. The van der Waals surface area contributed by atoms with Gasteiger partial charge in [-0.1, -0.05) is 24.3 Å². The zero-order chi connectivity index (χ0) is 18.0. The Kier molecular flexibility index (Phi) is 4.38. The van der Waals surface area contributed by atoms with E-state index in [0.717, 1.165) is 17.8 Å². The van der Waals surface area contributed by atoms with E-state index in [9.17, 15) is 18.8 Å². The second-order valence-corrected chi connectivity index (χ2v) is 5.51. The molecule has 1 aliphatic rings. The Morgan fingerprint density at radius 3 is 2.60 bits per heavy atom. The van der Waals surface area contributed by atoms with Crippen LogP contribution in [0.25, 0.3) is 0 Å². The first kappa shape index (κ1) is 16.5. The minimum Gasteiger partial charge on any atom is -0.276 e. The Balaban J connectivity index is 1.92. The van der Waals surface area contributed by atoms with E-state index in [0.29, 0.717) is 10.6 Å². The molecule has 0 bridgehead atoms. The summed E-state index contributed by atoms with van der Waals surface area (Å²) in [4.78, 5) is 41.3. The van der Waals surface area contributed by atoms with Crippen LogP contribution in [0.5, 0.6) is 0 Å². The Bertz CT molecular complexity index is 895. The number of hydrogen-bond donors (Lipinski definition) is 1. The number of carbonyl (C=O) groups is 3. The average molecular weight is 339 g/mol. The summed E-state index contributed by atoms with van der Waals surface area (Å²) >= 11 is 0. The van der Waals surface area contributed by atoms with Crippen molar-refractivity contribution >= 4 is 35.4 Å². The van der Waals surface area contributed by atoms with Crippen molar-refractivity contribution in [2.24, 2.45) is 10.9 Å². The van der Waals surface area contributed by atoms with Gasteiger partial charge in [0.25, 0.3) is 5.91 Å². The van der Waals surface area contributed by atoms with E-state index < -0.39 is 29.6 Å². The lowest BCUT2D eigenvalue weighted by Crippen LogP contribution is -2.58. The highest BCUT2D eigenvalue weighted by atomic mass is 19.1. The lowest BCUT2D eigenvalue weighted by Gasteiger charge is -2.28. The number of anilines is 1. The standard InChI is InChI=1S/C18H14FN3O3/c1-11-5-4-6-12(9-11)20-10-13-16(23)21-18(25)22(17(13)24)15-8-3-2-7-14(15)19/h2-10,13H,1H3,(H,21,23,25)/t13-/m0/s1. The van der Waals surface area contributed by atoms with Crippen LogP contribution in [-0.4, -0.2) is 24.1 Å². The molecule has 1 saturated heterocycles. The van der Waals surface area contributed by atoms with Gasteiger partial charge in [-0.2, -0.15) is 0 Å². The highest BCUT2D eigenvalue weighted by molar-refractivity contribution is 6.32. The molecule has 1 fully saturated rings. The maximum Gasteiger partial charge on any atom is 0.335 e. The lowest BCUT2D eigenvalue weighted by molar-refractivity contribution is -0.131. The predicted molar refractivity (Wildman–Crippen MR) is 90.2 cm³/mol. The van der Waals surface area contributed by atoms with Gasteiger partial charge in [0.15, 0.2) is 5.92 Å². The average Bonchev–Trinajstić information content (AvgIpc) is 2.56. The van der Waals surface area contributed by atoms with Gasteiger partial charge in [0.05, 0.1) is 11.4 Å². The molecule has 0 saturated carbocycles. The summed E-state index contributed by atoms with van der Waals surface area (Å²) in [6.45, 7) is 1.88. The summed E-state index contributed by atoms with van der Waals surface area (Å²) in [6.07, 6.45) is 1.16. The molecule has 6 nitrogen and oxygen atoms in total. The molecule has 4 amide bonds. The van der Waals surface area contributed by atoms with Gasteiger partial charge in [0.1, 0.15) is 5.82 Å². The third-order valence-corrected chi connectivity index (χ3v) is 3.67. The predicted octanol–water partition coefficient (Wildman–Crippen LogP) is 2.74. The van der Waals surface area contributed by atoms with Crippen molar-refractivity contribution in [1.29, 1.82) is 0 Å². The van der Waals surface area contributed by atoms with Crippen molar-refractivity contribution in [3.8, 4) is 0 Å². The number of nitrogens with one attached hydrogen (secondary N) is 1. The number of para-hydroxylation sites is 1. The van der Waals surface area contributed by atoms with Gasteiger partial charge in [-0.15, -0.1) is 0 Å². The zero-order valence-corrected chi connectivity index (χ0v) is 13.3. The van der Waals surface area contributed by atoms with Crippen molar-refractivity contribution in [3.05, 3.63) is 59.9 Å². The van der Waals surface area contributed by atoms with E-state index in [1.165, 1.54) is 18.2 Å². The summed E-state index contributed by atoms with van der Waals surface area (Å²) in [7, 11) is 0. The van der Waals surface area contributed by atoms with Gasteiger partial charge >= 0.3 is 6.03 Å². The zero-order valence-electron chi connectivity index (χ0n) is 13.3. The molecular formula is C18H14FN3O3. The third kappa shape index (κ3) is 3.30. The van der Waals surface area contributed by atoms with Gasteiger partial charge in [0, 0.05) is 6.21 Å². The fourth-order valence-electron chi connectivity index (χ4n) is 2.45. The van der Waals surface area contributed by atoms with Gasteiger partial charge < -0.3 is 0 Å². The molecule has 1 aliphatic heterocycles. The summed E-state index contributed by atoms with van der Waals surface area (Å²) in [5, 5.41) is 2.05. The van der Waals surface area contributed by atoms with Crippen molar-refractivity contribution < 1.29 is 18.8 Å². The number of barbiturate groups is 1. The van der Waals surface area contributed by atoms with Crippen LogP contribution >= 0.6 is 0 Å². The van der Waals surface area contributed by atoms with Crippen LogP contribution in [0.2, 0.25) is 0 Å². The van der Waals surface area contributed by atoms with Gasteiger partial charge in [-0.05, 0) is 36.8 Å². The molecule has 0 aliphatic carbocycles. The minimum absolute atomic E-state index is 0.216. The fourth-order valence-corrected chi connectivity index (χ4v) is 2.45. The van der Waals surface area contributed by atoms with E-state index in [1.807, 2.05) is 13.0 Å². The van der Waals surface area contributed by atoms with Crippen molar-refractivity contribution in [3.63, 3.8) is 0 Å². The second-order valence-electron chi connectivity index (χ2n) is 5.51. The van der Waals surface area contributed by atoms with Crippen LogP contribution in [-0.2, 0) is 9.59 Å². The van der Waals surface area contributed by atoms with Gasteiger partial charge in [-0.25, -0.2) is 14.1 Å². The maximum absolute atomic E-state index is 13.9. The number of benzene rings is 2. The Hall–Kier alpha value is -3.35. The van der Waals surface area contributed by atoms with E-state index in [4.69, 9.17) is 0 Å². The number of nitrogens with zero attached hydrogens (tertiary/aromatic N) is 2. The molecule has 1 heterocycles. The van der Waals surface area contributed by atoms with E-state index in [2.05, 4.69) is 10.3 Å². The van der Waals surface area contributed by atoms with Crippen LogP contribution < -0.4 is 10.2 Å². The SMILES string of the molecule is Cc1cccc(N=C[C@H]2C(=O)NC(=O)N(c3ccccc3F)C2=O)c1. The number of hydrogen-bond acceptors (Lipinski definition) is 4. The van der Waals surface area contributed by atoms with Crippen LogP contribution in [0, 0.1) is 18.7 Å². The van der Waals surface area contributed by atoms with E-state index >= 15 is 0 Å². The monoisotopic (exact) mass is 339 g/mol. The molecule has 0 spiro atoms. The van der Waals surface area contributed by atoms with Gasteiger partial charge in [-0.3, -0.25) is 19.9 Å². The molecule has 2 aromatic rings. The highest BCUT2D eigenvalue weighted by Gasteiger charge is 2.41. The topological polar surface area (TPSA) is 78.8 Å². The number of amides is 4. The number of imide groups is 2. The number of aryl methyl sites for hydroxylation is 1. The highest BCUT2D eigenvalue weighted by Crippen LogP contribution is 2.23. The minimum atomic E-state index is -1.32. The van der Waals surface area contributed by atoms with Crippen molar-refractivity contribution in [2.75, 3.05) is 4.90 Å². The largest absolute Gasteiger partial charge is 0.335 e. The Morgan fingerprint density at radius 1 is 1.12 bits per heavy atom. The molecule has 1 N–H and O–H groups in total. The van der Waals surface area contributed by atoms with Crippen LogP contribution in [0.4, 0.5) is 20.6 Å².